The number of fused-ring (bicyclic) bond motifs is 1. The molecule has 0 bridgehead atoms. The molecule has 23 heavy (non-hydrogen) atoms. The van der Waals surface area contributed by atoms with E-state index >= 15 is 0 Å². The summed E-state index contributed by atoms with van der Waals surface area (Å²) in [6.07, 6.45) is 1.71. The zero-order valence-corrected chi connectivity index (χ0v) is 13.4. The Labute approximate surface area is 136 Å². The molecular weight excluding hydrogens is 288 g/mol. The predicted molar refractivity (Wildman–Crippen MR) is 87.6 cm³/mol. The van der Waals surface area contributed by atoms with Gasteiger partial charge in [0.25, 0.3) is 0 Å². The second-order valence-electron chi connectivity index (χ2n) is 6.85. The molecule has 4 heteroatoms. The van der Waals surface area contributed by atoms with Crippen molar-refractivity contribution in [2.24, 2.45) is 11.8 Å². The van der Waals surface area contributed by atoms with Gasteiger partial charge in [0.15, 0.2) is 0 Å². The monoisotopic (exact) mass is 310 g/mol. The molecule has 2 aromatic rings. The third-order valence-corrected chi connectivity index (χ3v) is 5.02. The molecule has 1 amide bonds. The Morgan fingerprint density at radius 3 is 2.78 bits per heavy atom. The molecule has 2 aliphatic rings. The number of carbonyl (C=O) groups excluding carboxylic acids is 1. The number of hydrogen-bond acceptors (Lipinski definition) is 3. The van der Waals surface area contributed by atoms with Crippen molar-refractivity contribution in [1.29, 1.82) is 0 Å². The number of likely N-dealkylation sites (tertiary alicyclic amines) is 2. The molecule has 0 N–H and O–H groups in total. The molecule has 1 aromatic carbocycles. The van der Waals surface area contributed by atoms with Crippen molar-refractivity contribution in [3.63, 3.8) is 0 Å². The van der Waals surface area contributed by atoms with Gasteiger partial charge >= 0.3 is 0 Å². The summed E-state index contributed by atoms with van der Waals surface area (Å²) in [5.41, 5.74) is 2.48. The van der Waals surface area contributed by atoms with E-state index in [4.69, 9.17) is 4.42 Å². The molecular formula is C19H22N2O2. The Balaban J connectivity index is 1.38. The van der Waals surface area contributed by atoms with E-state index < -0.39 is 0 Å². The quantitative estimate of drug-likeness (QED) is 0.871. The van der Waals surface area contributed by atoms with Crippen LogP contribution >= 0.6 is 0 Å². The topological polar surface area (TPSA) is 36.7 Å². The maximum atomic E-state index is 12.7. The van der Waals surface area contributed by atoms with Gasteiger partial charge in [-0.05, 0) is 24.6 Å². The van der Waals surface area contributed by atoms with Gasteiger partial charge in [0.2, 0.25) is 5.91 Å². The van der Waals surface area contributed by atoms with Gasteiger partial charge in [0.05, 0.1) is 18.7 Å². The van der Waals surface area contributed by atoms with E-state index in [9.17, 15) is 4.79 Å². The zero-order valence-electron chi connectivity index (χ0n) is 13.4. The molecule has 2 aliphatic heterocycles. The highest BCUT2D eigenvalue weighted by Gasteiger charge is 2.45. The van der Waals surface area contributed by atoms with E-state index in [1.165, 1.54) is 11.1 Å². The van der Waals surface area contributed by atoms with Gasteiger partial charge in [-0.2, -0.15) is 0 Å². The van der Waals surface area contributed by atoms with Gasteiger partial charge in [-0.15, -0.1) is 0 Å². The average molecular weight is 310 g/mol. The van der Waals surface area contributed by atoms with Crippen molar-refractivity contribution in [2.75, 3.05) is 19.6 Å². The summed E-state index contributed by atoms with van der Waals surface area (Å²) in [6.45, 7) is 6.37. The van der Waals surface area contributed by atoms with E-state index in [0.29, 0.717) is 11.8 Å². The lowest BCUT2D eigenvalue weighted by Gasteiger charge is -2.21. The van der Waals surface area contributed by atoms with Crippen LogP contribution in [0.15, 0.2) is 47.1 Å². The molecule has 2 fully saturated rings. The summed E-state index contributed by atoms with van der Waals surface area (Å²) in [5, 5.41) is 0. The Bertz CT molecular complexity index is 695. The fourth-order valence-corrected chi connectivity index (χ4v) is 3.96. The van der Waals surface area contributed by atoms with Crippen molar-refractivity contribution in [2.45, 2.75) is 20.0 Å². The van der Waals surface area contributed by atoms with Gasteiger partial charge in [-0.1, -0.05) is 29.8 Å². The van der Waals surface area contributed by atoms with Gasteiger partial charge in [-0.25, -0.2) is 0 Å². The summed E-state index contributed by atoms with van der Waals surface area (Å²) >= 11 is 0. The van der Waals surface area contributed by atoms with Crippen molar-refractivity contribution in [3.8, 4) is 0 Å². The predicted octanol–water partition coefficient (Wildman–Crippen LogP) is 2.68. The van der Waals surface area contributed by atoms with Gasteiger partial charge < -0.3 is 9.32 Å². The van der Waals surface area contributed by atoms with E-state index in [1.54, 1.807) is 6.26 Å². The highest BCUT2D eigenvalue weighted by Crippen LogP contribution is 2.33. The first-order chi connectivity index (χ1) is 11.2. The van der Waals surface area contributed by atoms with Crippen LogP contribution in [0.25, 0.3) is 0 Å². The van der Waals surface area contributed by atoms with Crippen LogP contribution in [0.2, 0.25) is 0 Å². The second kappa shape index (κ2) is 5.85. The molecule has 4 nitrogen and oxygen atoms in total. The third kappa shape index (κ3) is 2.91. The lowest BCUT2D eigenvalue weighted by molar-refractivity contribution is -0.131. The first-order valence-corrected chi connectivity index (χ1v) is 8.28. The smallest absolute Gasteiger partial charge is 0.227 e. The van der Waals surface area contributed by atoms with Crippen molar-refractivity contribution in [1.82, 2.24) is 9.80 Å². The number of amides is 1. The molecule has 120 valence electrons. The molecule has 4 rings (SSSR count). The normalized spacial score (nSPS) is 24.4. The number of carbonyl (C=O) groups is 1. The fourth-order valence-electron chi connectivity index (χ4n) is 3.96. The minimum absolute atomic E-state index is 0.162. The standard InChI is InChI=1S/C19H22N2O2/c1-14-4-2-5-15(8-14)9-21-11-16-10-20(13-18(16)19(21)22)12-17-6-3-7-23-17/h2-8,16,18H,9-13H2,1H3/t16-,18-/m0/s1. The van der Waals surface area contributed by atoms with Crippen molar-refractivity contribution < 1.29 is 9.21 Å². The number of furan rings is 1. The lowest BCUT2D eigenvalue weighted by Crippen LogP contribution is -2.32. The third-order valence-electron chi connectivity index (χ3n) is 5.02. The number of benzene rings is 1. The second-order valence-corrected chi connectivity index (χ2v) is 6.85. The number of rotatable bonds is 4. The molecule has 3 heterocycles. The van der Waals surface area contributed by atoms with Crippen LogP contribution in [-0.4, -0.2) is 35.3 Å². The Morgan fingerprint density at radius 2 is 2.04 bits per heavy atom. The maximum Gasteiger partial charge on any atom is 0.227 e. The molecule has 0 saturated carbocycles. The fraction of sp³-hybridized carbons (Fsp3) is 0.421. The van der Waals surface area contributed by atoms with E-state index in [-0.39, 0.29) is 5.92 Å². The van der Waals surface area contributed by atoms with Crippen LogP contribution in [0.1, 0.15) is 16.9 Å². The first-order valence-electron chi connectivity index (χ1n) is 8.28. The van der Waals surface area contributed by atoms with E-state index in [0.717, 1.165) is 38.5 Å². The first kappa shape index (κ1) is 14.5. The highest BCUT2D eigenvalue weighted by atomic mass is 16.3. The Morgan fingerprint density at radius 1 is 1.13 bits per heavy atom. The Kier molecular flexibility index (Phi) is 3.69. The van der Waals surface area contributed by atoms with Crippen LogP contribution in [-0.2, 0) is 17.9 Å². The van der Waals surface area contributed by atoms with Crippen LogP contribution in [0.3, 0.4) is 0 Å². The largest absolute Gasteiger partial charge is 0.468 e. The minimum Gasteiger partial charge on any atom is -0.468 e. The molecule has 1 aromatic heterocycles. The summed E-state index contributed by atoms with van der Waals surface area (Å²) in [5.74, 6) is 1.92. The molecule has 0 aliphatic carbocycles. The highest BCUT2D eigenvalue weighted by molar-refractivity contribution is 5.82. The molecule has 0 unspecified atom stereocenters. The van der Waals surface area contributed by atoms with Crippen molar-refractivity contribution in [3.05, 3.63) is 59.5 Å². The summed E-state index contributed by atoms with van der Waals surface area (Å²) in [7, 11) is 0. The summed E-state index contributed by atoms with van der Waals surface area (Å²) < 4.78 is 5.42. The van der Waals surface area contributed by atoms with E-state index in [2.05, 4.69) is 36.1 Å². The summed E-state index contributed by atoms with van der Waals surface area (Å²) in [6, 6.07) is 12.4. The SMILES string of the molecule is Cc1cccc(CN2C[C@@H]3CN(Cc4ccco4)C[C@@H]3C2=O)c1. The number of aryl methyl sites for hydroxylation is 1. The van der Waals surface area contributed by atoms with Crippen LogP contribution in [0, 0.1) is 18.8 Å². The molecule has 0 spiro atoms. The average Bonchev–Trinajstić information content (AvgIpc) is 3.21. The van der Waals surface area contributed by atoms with Crippen molar-refractivity contribution >= 4 is 5.91 Å². The van der Waals surface area contributed by atoms with Gasteiger partial charge in [0, 0.05) is 32.1 Å². The molecule has 2 atom stereocenters. The molecule has 0 radical (unpaired) electrons. The minimum atomic E-state index is 0.162. The van der Waals surface area contributed by atoms with Gasteiger partial charge in [-0.3, -0.25) is 9.69 Å². The molecule has 2 saturated heterocycles. The summed E-state index contributed by atoms with van der Waals surface area (Å²) in [4.78, 5) is 17.1. The zero-order chi connectivity index (χ0) is 15.8. The maximum absolute atomic E-state index is 12.7. The van der Waals surface area contributed by atoms with Crippen LogP contribution in [0.5, 0.6) is 0 Å². The number of nitrogens with zero attached hydrogens (tertiary/aromatic N) is 2. The van der Waals surface area contributed by atoms with Crippen LogP contribution in [0.4, 0.5) is 0 Å². The lowest BCUT2D eigenvalue weighted by atomic mass is 10.0. The number of hydrogen-bond donors (Lipinski definition) is 0. The van der Waals surface area contributed by atoms with E-state index in [1.807, 2.05) is 17.0 Å². The van der Waals surface area contributed by atoms with Crippen LogP contribution < -0.4 is 0 Å². The van der Waals surface area contributed by atoms with Gasteiger partial charge in [0.1, 0.15) is 5.76 Å². The Hall–Kier alpha value is -2.07.